The molecule has 0 spiro atoms. The molecular formula is C22H25N5O2. The molecule has 1 amide bonds. The molecule has 2 aliphatic rings. The minimum absolute atomic E-state index is 0.0282. The normalized spacial score (nSPS) is 23.0. The van der Waals surface area contributed by atoms with Gasteiger partial charge >= 0.3 is 0 Å². The first kappa shape index (κ1) is 18.1. The molecule has 2 aliphatic carbocycles. The fourth-order valence-corrected chi connectivity index (χ4v) is 5.02. The van der Waals surface area contributed by atoms with Gasteiger partial charge < -0.3 is 10.3 Å². The second-order valence-electron chi connectivity index (χ2n) is 8.56. The molecular weight excluding hydrogens is 366 g/mol. The summed E-state index contributed by atoms with van der Waals surface area (Å²) in [5.41, 5.74) is 8.31. The van der Waals surface area contributed by atoms with Crippen molar-refractivity contribution in [3.63, 3.8) is 0 Å². The summed E-state index contributed by atoms with van der Waals surface area (Å²) in [5, 5.41) is 8.77. The van der Waals surface area contributed by atoms with Crippen molar-refractivity contribution in [2.75, 3.05) is 0 Å². The fraction of sp³-hybridized carbons (Fsp3) is 0.455. The average molecular weight is 391 g/mol. The zero-order valence-electron chi connectivity index (χ0n) is 16.5. The molecule has 2 heterocycles. The summed E-state index contributed by atoms with van der Waals surface area (Å²) in [6, 6.07) is 9.92. The van der Waals surface area contributed by atoms with Crippen LogP contribution in [0.1, 0.15) is 37.1 Å². The standard InChI is InChI=1S/C22H25N5O2/c1-13-2-5-15(6-3-13)18-11-19(29-26-18)22-24-21(25-27(22)12-20(23)28)10-17-9-14-4-7-16(17)8-14/h2-3,5-6,11,14,16-17H,4,7-10,12H2,1H3,(H2,23,28). The van der Waals surface area contributed by atoms with Crippen LogP contribution in [0.15, 0.2) is 34.9 Å². The van der Waals surface area contributed by atoms with E-state index in [-0.39, 0.29) is 6.54 Å². The summed E-state index contributed by atoms with van der Waals surface area (Å²) in [4.78, 5) is 16.3. The molecule has 0 radical (unpaired) electrons. The number of hydrogen-bond acceptors (Lipinski definition) is 5. The number of aromatic nitrogens is 4. The monoisotopic (exact) mass is 391 g/mol. The lowest BCUT2D eigenvalue weighted by molar-refractivity contribution is -0.118. The third-order valence-electron chi connectivity index (χ3n) is 6.43. The number of carbonyl (C=O) groups is 1. The Morgan fingerprint density at radius 1 is 1.24 bits per heavy atom. The maximum Gasteiger partial charge on any atom is 0.239 e. The summed E-state index contributed by atoms with van der Waals surface area (Å²) in [7, 11) is 0. The van der Waals surface area contributed by atoms with Crippen molar-refractivity contribution in [3.8, 4) is 22.8 Å². The molecule has 7 nitrogen and oxygen atoms in total. The second-order valence-corrected chi connectivity index (χ2v) is 8.56. The van der Waals surface area contributed by atoms with Gasteiger partial charge in [-0.15, -0.1) is 0 Å². The molecule has 2 N–H and O–H groups in total. The molecule has 150 valence electrons. The molecule has 7 heteroatoms. The zero-order valence-corrected chi connectivity index (χ0v) is 16.5. The summed E-state index contributed by atoms with van der Waals surface area (Å²) < 4.78 is 7.11. The highest BCUT2D eigenvalue weighted by Gasteiger charge is 2.40. The van der Waals surface area contributed by atoms with Gasteiger partial charge in [-0.3, -0.25) is 4.79 Å². The Labute approximate surface area is 169 Å². The van der Waals surface area contributed by atoms with Crippen LogP contribution < -0.4 is 5.73 Å². The quantitative estimate of drug-likeness (QED) is 0.694. The van der Waals surface area contributed by atoms with Gasteiger partial charge in [0.15, 0.2) is 11.6 Å². The van der Waals surface area contributed by atoms with E-state index in [0.29, 0.717) is 17.5 Å². The van der Waals surface area contributed by atoms with Crippen molar-refractivity contribution in [2.45, 2.75) is 45.6 Å². The van der Waals surface area contributed by atoms with Crippen molar-refractivity contribution in [1.29, 1.82) is 0 Å². The molecule has 29 heavy (non-hydrogen) atoms. The SMILES string of the molecule is Cc1ccc(-c2cc(-c3nc(CC4CC5CCC4C5)nn3CC(N)=O)on2)cc1. The van der Waals surface area contributed by atoms with E-state index in [1.807, 2.05) is 37.3 Å². The smallest absolute Gasteiger partial charge is 0.239 e. The van der Waals surface area contributed by atoms with E-state index in [1.165, 1.54) is 31.2 Å². The molecule has 2 bridgehead atoms. The van der Waals surface area contributed by atoms with E-state index in [1.54, 1.807) is 4.68 Å². The van der Waals surface area contributed by atoms with Gasteiger partial charge in [0.05, 0.1) is 0 Å². The van der Waals surface area contributed by atoms with Crippen LogP contribution in [0.5, 0.6) is 0 Å². The van der Waals surface area contributed by atoms with Crippen molar-refractivity contribution in [2.24, 2.45) is 23.5 Å². The molecule has 0 saturated heterocycles. The van der Waals surface area contributed by atoms with Crippen LogP contribution in [0.2, 0.25) is 0 Å². The second kappa shape index (κ2) is 7.13. The molecule has 2 fully saturated rings. The van der Waals surface area contributed by atoms with Crippen molar-refractivity contribution >= 4 is 5.91 Å². The first-order chi connectivity index (χ1) is 14.0. The summed E-state index contributed by atoms with van der Waals surface area (Å²) in [6.45, 7) is 2.02. The van der Waals surface area contributed by atoms with Gasteiger partial charge in [-0.25, -0.2) is 9.67 Å². The number of rotatable bonds is 6. The fourth-order valence-electron chi connectivity index (χ4n) is 5.02. The first-order valence-corrected chi connectivity index (χ1v) is 10.3. The van der Waals surface area contributed by atoms with Crippen LogP contribution in [0.25, 0.3) is 22.8 Å². The third-order valence-corrected chi connectivity index (χ3v) is 6.43. The van der Waals surface area contributed by atoms with Crippen LogP contribution in [-0.2, 0) is 17.8 Å². The number of fused-ring (bicyclic) bond motifs is 2. The van der Waals surface area contributed by atoms with E-state index in [2.05, 4.69) is 10.3 Å². The molecule has 3 unspecified atom stereocenters. The minimum atomic E-state index is -0.458. The summed E-state index contributed by atoms with van der Waals surface area (Å²) in [5.74, 6) is 3.62. The Morgan fingerprint density at radius 3 is 2.76 bits per heavy atom. The van der Waals surface area contributed by atoms with Gasteiger partial charge in [-0.05, 0) is 43.9 Å². The van der Waals surface area contributed by atoms with Crippen LogP contribution >= 0.6 is 0 Å². The zero-order chi connectivity index (χ0) is 20.0. The van der Waals surface area contributed by atoms with E-state index in [9.17, 15) is 4.79 Å². The van der Waals surface area contributed by atoms with Gasteiger partial charge in [-0.1, -0.05) is 41.4 Å². The Hall–Kier alpha value is -2.96. The number of nitrogens with two attached hydrogens (primary N) is 1. The highest BCUT2D eigenvalue weighted by molar-refractivity contribution is 5.74. The minimum Gasteiger partial charge on any atom is -0.368 e. The highest BCUT2D eigenvalue weighted by Crippen LogP contribution is 2.49. The van der Waals surface area contributed by atoms with Gasteiger partial charge in [0.25, 0.3) is 0 Å². The number of carbonyl (C=O) groups excluding carboxylic acids is 1. The molecule has 5 rings (SSSR count). The number of primary amides is 1. The number of hydrogen-bond donors (Lipinski definition) is 1. The van der Waals surface area contributed by atoms with E-state index < -0.39 is 5.91 Å². The van der Waals surface area contributed by atoms with Gasteiger partial charge in [0.2, 0.25) is 11.7 Å². The lowest BCUT2D eigenvalue weighted by Gasteiger charge is -2.19. The summed E-state index contributed by atoms with van der Waals surface area (Å²) in [6.07, 6.45) is 6.16. The number of nitrogens with zero attached hydrogens (tertiary/aromatic N) is 4. The lowest BCUT2D eigenvalue weighted by Crippen LogP contribution is -2.20. The topological polar surface area (TPSA) is 99.8 Å². The Bertz CT molecular complexity index is 1040. The van der Waals surface area contributed by atoms with Crippen LogP contribution in [0, 0.1) is 24.7 Å². The van der Waals surface area contributed by atoms with Gasteiger partial charge in [-0.2, -0.15) is 5.10 Å². The Balaban J connectivity index is 1.43. The Kier molecular flexibility index (Phi) is 4.45. The Morgan fingerprint density at radius 2 is 2.07 bits per heavy atom. The largest absolute Gasteiger partial charge is 0.368 e. The highest BCUT2D eigenvalue weighted by atomic mass is 16.5. The first-order valence-electron chi connectivity index (χ1n) is 10.3. The van der Waals surface area contributed by atoms with Crippen LogP contribution in [0.4, 0.5) is 0 Å². The summed E-state index contributed by atoms with van der Waals surface area (Å²) >= 11 is 0. The van der Waals surface area contributed by atoms with Crippen molar-refractivity contribution in [1.82, 2.24) is 19.9 Å². The van der Waals surface area contributed by atoms with Crippen LogP contribution in [-0.4, -0.2) is 25.8 Å². The predicted octanol–water partition coefficient (Wildman–Crippen LogP) is 3.37. The molecule has 2 aromatic heterocycles. The molecule has 3 aromatic rings. The van der Waals surface area contributed by atoms with E-state index >= 15 is 0 Å². The van der Waals surface area contributed by atoms with Crippen molar-refractivity contribution < 1.29 is 9.32 Å². The molecule has 0 aliphatic heterocycles. The van der Waals surface area contributed by atoms with E-state index in [0.717, 1.165) is 35.3 Å². The number of aryl methyl sites for hydroxylation is 1. The average Bonchev–Trinajstić information content (AvgIpc) is 3.46. The van der Waals surface area contributed by atoms with E-state index in [4.69, 9.17) is 15.2 Å². The third kappa shape index (κ3) is 3.57. The van der Waals surface area contributed by atoms with Crippen molar-refractivity contribution in [3.05, 3.63) is 41.7 Å². The van der Waals surface area contributed by atoms with Gasteiger partial charge in [0, 0.05) is 18.1 Å². The molecule has 2 saturated carbocycles. The van der Waals surface area contributed by atoms with Crippen LogP contribution in [0.3, 0.4) is 0 Å². The maximum atomic E-state index is 11.6. The lowest BCUT2D eigenvalue weighted by atomic mass is 9.86. The maximum absolute atomic E-state index is 11.6. The predicted molar refractivity (Wildman–Crippen MR) is 108 cm³/mol. The molecule has 1 aromatic carbocycles. The number of benzene rings is 1. The number of amides is 1. The van der Waals surface area contributed by atoms with Gasteiger partial charge in [0.1, 0.15) is 12.2 Å². The molecule has 3 atom stereocenters.